The lowest BCUT2D eigenvalue weighted by Crippen LogP contribution is -2.17. The van der Waals surface area contributed by atoms with Crippen molar-refractivity contribution < 1.29 is 9.53 Å². The summed E-state index contributed by atoms with van der Waals surface area (Å²) >= 11 is 5.74. The molecule has 0 spiro atoms. The molecule has 1 unspecified atom stereocenters. The number of unbranched alkanes of at least 4 members (excludes halogenated alkanes) is 6. The van der Waals surface area contributed by atoms with Gasteiger partial charge in [-0.25, -0.2) is 0 Å². The van der Waals surface area contributed by atoms with Crippen molar-refractivity contribution in [3.8, 4) is 0 Å². The Balaban J connectivity index is 3.18. The number of carbonyl (C=O) groups is 1. The van der Waals surface area contributed by atoms with Gasteiger partial charge >= 0.3 is 5.97 Å². The highest BCUT2D eigenvalue weighted by Crippen LogP contribution is 2.08. The van der Waals surface area contributed by atoms with Crippen LogP contribution in [0.5, 0.6) is 0 Å². The van der Waals surface area contributed by atoms with Gasteiger partial charge in [0.15, 0.2) is 0 Å². The SMILES string of the molecule is CCCCCCCCCOC(=O)C(Cl)CC. The summed E-state index contributed by atoms with van der Waals surface area (Å²) in [6, 6.07) is 0. The molecule has 0 aromatic rings. The fourth-order valence-electron chi connectivity index (χ4n) is 1.49. The number of hydrogen-bond donors (Lipinski definition) is 0. The molecule has 0 amide bonds. The number of alkyl halides is 1. The van der Waals surface area contributed by atoms with Gasteiger partial charge in [0.05, 0.1) is 6.61 Å². The molecule has 2 nitrogen and oxygen atoms in total. The highest BCUT2D eigenvalue weighted by Gasteiger charge is 2.13. The molecule has 0 radical (unpaired) electrons. The lowest BCUT2D eigenvalue weighted by molar-refractivity contribution is -0.143. The Hall–Kier alpha value is -0.240. The third-order valence-corrected chi connectivity index (χ3v) is 3.09. The van der Waals surface area contributed by atoms with E-state index >= 15 is 0 Å². The molecule has 0 fully saturated rings. The Morgan fingerprint density at radius 1 is 1.06 bits per heavy atom. The fourth-order valence-corrected chi connectivity index (χ4v) is 1.55. The van der Waals surface area contributed by atoms with E-state index in [0.717, 1.165) is 12.8 Å². The van der Waals surface area contributed by atoms with Gasteiger partial charge in [-0.05, 0) is 12.8 Å². The van der Waals surface area contributed by atoms with Crippen molar-refractivity contribution in [3.63, 3.8) is 0 Å². The number of ether oxygens (including phenoxy) is 1. The minimum Gasteiger partial charge on any atom is -0.465 e. The Labute approximate surface area is 105 Å². The van der Waals surface area contributed by atoms with E-state index in [1.807, 2.05) is 6.92 Å². The minimum atomic E-state index is -0.468. The third kappa shape index (κ3) is 9.02. The number of esters is 1. The van der Waals surface area contributed by atoms with Gasteiger partial charge in [0.2, 0.25) is 0 Å². The molecule has 0 heterocycles. The molecule has 0 aromatic carbocycles. The van der Waals surface area contributed by atoms with Crippen molar-refractivity contribution in [1.82, 2.24) is 0 Å². The maximum Gasteiger partial charge on any atom is 0.324 e. The van der Waals surface area contributed by atoms with E-state index in [1.165, 1.54) is 32.1 Å². The van der Waals surface area contributed by atoms with Crippen molar-refractivity contribution in [2.24, 2.45) is 0 Å². The highest BCUT2D eigenvalue weighted by atomic mass is 35.5. The van der Waals surface area contributed by atoms with Crippen molar-refractivity contribution in [1.29, 1.82) is 0 Å². The standard InChI is InChI=1S/C13H25ClO2/c1-3-5-6-7-8-9-10-11-16-13(15)12(14)4-2/h12H,3-11H2,1-2H3. The van der Waals surface area contributed by atoms with Crippen LogP contribution in [0.2, 0.25) is 0 Å². The first-order valence-electron chi connectivity index (χ1n) is 6.53. The summed E-state index contributed by atoms with van der Waals surface area (Å²) in [5.74, 6) is -0.268. The molecule has 0 aliphatic rings. The zero-order valence-electron chi connectivity index (χ0n) is 10.6. The van der Waals surface area contributed by atoms with Gasteiger partial charge in [-0.3, -0.25) is 4.79 Å². The van der Waals surface area contributed by atoms with Crippen molar-refractivity contribution in [3.05, 3.63) is 0 Å². The fraction of sp³-hybridized carbons (Fsp3) is 0.923. The lowest BCUT2D eigenvalue weighted by atomic mass is 10.1. The van der Waals surface area contributed by atoms with Crippen LogP contribution < -0.4 is 0 Å². The van der Waals surface area contributed by atoms with Gasteiger partial charge in [0.25, 0.3) is 0 Å². The van der Waals surface area contributed by atoms with Crippen LogP contribution in [0.4, 0.5) is 0 Å². The second-order valence-corrected chi connectivity index (χ2v) is 4.69. The van der Waals surface area contributed by atoms with Crippen molar-refractivity contribution >= 4 is 17.6 Å². The summed E-state index contributed by atoms with van der Waals surface area (Å²) < 4.78 is 5.05. The largest absolute Gasteiger partial charge is 0.465 e. The molecule has 0 bridgehead atoms. The molecule has 0 N–H and O–H groups in total. The average molecular weight is 249 g/mol. The zero-order valence-corrected chi connectivity index (χ0v) is 11.4. The van der Waals surface area contributed by atoms with E-state index in [9.17, 15) is 4.79 Å². The molecule has 1 atom stereocenters. The third-order valence-electron chi connectivity index (χ3n) is 2.61. The first-order valence-corrected chi connectivity index (χ1v) is 6.96. The molecule has 0 saturated carbocycles. The van der Waals surface area contributed by atoms with Crippen LogP contribution in [0.1, 0.15) is 65.2 Å². The molecule has 0 aliphatic heterocycles. The van der Waals surface area contributed by atoms with Crippen LogP contribution in [0.25, 0.3) is 0 Å². The monoisotopic (exact) mass is 248 g/mol. The van der Waals surface area contributed by atoms with E-state index in [1.54, 1.807) is 0 Å². The predicted octanol–water partition coefficient (Wildman–Crippen LogP) is 4.30. The van der Waals surface area contributed by atoms with Crippen LogP contribution in [0.15, 0.2) is 0 Å². The molecule has 0 aromatic heterocycles. The predicted molar refractivity (Wildman–Crippen MR) is 68.9 cm³/mol. The number of carbonyl (C=O) groups excluding carboxylic acids is 1. The molecule has 0 saturated heterocycles. The summed E-state index contributed by atoms with van der Waals surface area (Å²) in [6.07, 6.45) is 9.24. The quantitative estimate of drug-likeness (QED) is 0.327. The molecular formula is C13H25ClO2. The van der Waals surface area contributed by atoms with E-state index in [-0.39, 0.29) is 5.97 Å². The second kappa shape index (κ2) is 11.3. The second-order valence-electron chi connectivity index (χ2n) is 4.16. The van der Waals surface area contributed by atoms with E-state index in [4.69, 9.17) is 16.3 Å². The first kappa shape index (κ1) is 15.8. The molecular weight excluding hydrogens is 224 g/mol. The van der Waals surface area contributed by atoms with E-state index < -0.39 is 5.38 Å². The molecule has 16 heavy (non-hydrogen) atoms. The highest BCUT2D eigenvalue weighted by molar-refractivity contribution is 6.29. The minimum absolute atomic E-state index is 0.268. The topological polar surface area (TPSA) is 26.3 Å². The van der Waals surface area contributed by atoms with Crippen LogP contribution in [0.3, 0.4) is 0 Å². The first-order chi connectivity index (χ1) is 7.72. The number of hydrogen-bond acceptors (Lipinski definition) is 2. The summed E-state index contributed by atoms with van der Waals surface area (Å²) in [5.41, 5.74) is 0. The normalized spacial score (nSPS) is 12.4. The van der Waals surface area contributed by atoms with Crippen molar-refractivity contribution in [2.45, 2.75) is 70.6 Å². The smallest absolute Gasteiger partial charge is 0.324 e. The Bertz CT molecular complexity index is 171. The lowest BCUT2D eigenvalue weighted by Gasteiger charge is -2.07. The maximum absolute atomic E-state index is 11.2. The Kier molecular flexibility index (Phi) is 11.1. The van der Waals surface area contributed by atoms with E-state index in [0.29, 0.717) is 13.0 Å². The summed E-state index contributed by atoms with van der Waals surface area (Å²) in [6.45, 7) is 4.62. The Morgan fingerprint density at radius 3 is 2.19 bits per heavy atom. The molecule has 0 rings (SSSR count). The van der Waals surface area contributed by atoms with Gasteiger partial charge in [0, 0.05) is 0 Å². The van der Waals surface area contributed by atoms with Gasteiger partial charge in [-0.2, -0.15) is 0 Å². The summed E-state index contributed by atoms with van der Waals surface area (Å²) in [7, 11) is 0. The van der Waals surface area contributed by atoms with Gasteiger partial charge in [-0.15, -0.1) is 11.6 Å². The zero-order chi connectivity index (χ0) is 12.2. The summed E-state index contributed by atoms with van der Waals surface area (Å²) in [5, 5.41) is -0.468. The maximum atomic E-state index is 11.2. The molecule has 0 aliphatic carbocycles. The van der Waals surface area contributed by atoms with E-state index in [2.05, 4.69) is 6.92 Å². The molecule has 96 valence electrons. The molecule has 3 heteroatoms. The van der Waals surface area contributed by atoms with Crippen molar-refractivity contribution in [2.75, 3.05) is 6.61 Å². The van der Waals surface area contributed by atoms with Crippen LogP contribution in [-0.2, 0) is 9.53 Å². The van der Waals surface area contributed by atoms with Crippen LogP contribution in [0, 0.1) is 0 Å². The summed E-state index contributed by atoms with van der Waals surface area (Å²) in [4.78, 5) is 11.2. The van der Waals surface area contributed by atoms with Gasteiger partial charge in [-0.1, -0.05) is 52.4 Å². The number of halogens is 1. The van der Waals surface area contributed by atoms with Gasteiger partial charge < -0.3 is 4.74 Å². The number of rotatable bonds is 10. The van der Waals surface area contributed by atoms with Crippen LogP contribution in [-0.4, -0.2) is 18.0 Å². The Morgan fingerprint density at radius 2 is 1.62 bits per heavy atom. The van der Waals surface area contributed by atoms with Gasteiger partial charge in [0.1, 0.15) is 5.38 Å². The average Bonchev–Trinajstić information content (AvgIpc) is 2.31. The van der Waals surface area contributed by atoms with Crippen LogP contribution >= 0.6 is 11.6 Å².